The number of halogens is 2. The largest absolute Gasteiger partial charge is 0.324 e. The van der Waals surface area contributed by atoms with Gasteiger partial charge in [0, 0.05) is 16.4 Å². The molecule has 0 saturated heterocycles. The standard InChI is InChI=1S/C11H9Br2N3O/c12-8-2-1-3-10(4-8)15-11(17)7-16-6-9(13)5-14-16/h1-6H,7H2,(H,15,17). The van der Waals surface area contributed by atoms with Gasteiger partial charge in [0.25, 0.3) is 0 Å². The van der Waals surface area contributed by atoms with Gasteiger partial charge in [0.2, 0.25) is 5.91 Å². The zero-order valence-corrected chi connectivity index (χ0v) is 11.9. The number of benzene rings is 1. The highest BCUT2D eigenvalue weighted by Gasteiger charge is 2.04. The highest BCUT2D eigenvalue weighted by molar-refractivity contribution is 9.10. The summed E-state index contributed by atoms with van der Waals surface area (Å²) in [4.78, 5) is 11.7. The Labute approximate surface area is 115 Å². The van der Waals surface area contributed by atoms with E-state index in [2.05, 4.69) is 42.3 Å². The van der Waals surface area contributed by atoms with Crippen molar-refractivity contribution >= 4 is 43.5 Å². The van der Waals surface area contributed by atoms with Gasteiger partial charge in [0.05, 0.1) is 10.7 Å². The number of carbonyl (C=O) groups is 1. The molecule has 1 aromatic carbocycles. The van der Waals surface area contributed by atoms with Gasteiger partial charge in [-0.25, -0.2) is 0 Å². The van der Waals surface area contributed by atoms with Gasteiger partial charge in [-0.05, 0) is 34.1 Å². The van der Waals surface area contributed by atoms with E-state index in [1.54, 1.807) is 17.1 Å². The molecule has 0 saturated carbocycles. The molecule has 0 unspecified atom stereocenters. The van der Waals surface area contributed by atoms with Crippen molar-refractivity contribution in [3.8, 4) is 0 Å². The van der Waals surface area contributed by atoms with Crippen LogP contribution in [0.1, 0.15) is 0 Å². The van der Waals surface area contributed by atoms with Crippen LogP contribution in [0.15, 0.2) is 45.6 Å². The topological polar surface area (TPSA) is 46.9 Å². The van der Waals surface area contributed by atoms with Crippen LogP contribution in [0.2, 0.25) is 0 Å². The molecule has 0 aliphatic heterocycles. The molecule has 1 amide bonds. The highest BCUT2D eigenvalue weighted by atomic mass is 79.9. The Morgan fingerprint density at radius 1 is 1.35 bits per heavy atom. The van der Waals surface area contributed by atoms with E-state index in [0.717, 1.165) is 14.6 Å². The number of nitrogens with zero attached hydrogens (tertiary/aromatic N) is 2. The first-order chi connectivity index (χ1) is 8.13. The summed E-state index contributed by atoms with van der Waals surface area (Å²) >= 11 is 6.62. The molecule has 2 aromatic rings. The van der Waals surface area contributed by atoms with E-state index in [0.29, 0.717) is 0 Å². The van der Waals surface area contributed by atoms with E-state index in [-0.39, 0.29) is 12.5 Å². The van der Waals surface area contributed by atoms with Crippen molar-refractivity contribution in [3.63, 3.8) is 0 Å². The van der Waals surface area contributed by atoms with Crippen LogP contribution >= 0.6 is 31.9 Å². The number of rotatable bonds is 3. The Morgan fingerprint density at radius 2 is 2.18 bits per heavy atom. The highest BCUT2D eigenvalue weighted by Crippen LogP contribution is 2.15. The fraction of sp³-hybridized carbons (Fsp3) is 0.0909. The molecule has 0 atom stereocenters. The van der Waals surface area contributed by atoms with Gasteiger partial charge in [-0.15, -0.1) is 0 Å². The monoisotopic (exact) mass is 357 g/mol. The van der Waals surface area contributed by atoms with E-state index in [4.69, 9.17) is 0 Å². The Bertz CT molecular complexity index is 539. The summed E-state index contributed by atoms with van der Waals surface area (Å²) in [5.74, 6) is -0.112. The Balaban J connectivity index is 1.98. The number of nitrogens with one attached hydrogen (secondary N) is 1. The number of aromatic nitrogens is 2. The minimum Gasteiger partial charge on any atom is -0.324 e. The van der Waals surface area contributed by atoms with Gasteiger partial charge in [-0.1, -0.05) is 22.0 Å². The molecule has 6 heteroatoms. The molecule has 2 rings (SSSR count). The van der Waals surface area contributed by atoms with E-state index in [1.165, 1.54) is 0 Å². The summed E-state index contributed by atoms with van der Waals surface area (Å²) in [7, 11) is 0. The van der Waals surface area contributed by atoms with Crippen LogP contribution in [0.4, 0.5) is 5.69 Å². The minimum atomic E-state index is -0.112. The average Bonchev–Trinajstić information content (AvgIpc) is 2.63. The van der Waals surface area contributed by atoms with Crippen LogP contribution in [0.5, 0.6) is 0 Å². The van der Waals surface area contributed by atoms with E-state index < -0.39 is 0 Å². The predicted molar refractivity (Wildman–Crippen MR) is 72.7 cm³/mol. The molecule has 0 bridgehead atoms. The molecular weight excluding hydrogens is 350 g/mol. The van der Waals surface area contributed by atoms with Crippen molar-refractivity contribution in [1.29, 1.82) is 0 Å². The van der Waals surface area contributed by atoms with Crippen LogP contribution in [-0.2, 0) is 11.3 Å². The van der Waals surface area contributed by atoms with E-state index in [9.17, 15) is 4.79 Å². The first kappa shape index (κ1) is 12.3. The summed E-state index contributed by atoms with van der Waals surface area (Å²) in [6.45, 7) is 0.193. The number of hydrogen-bond acceptors (Lipinski definition) is 2. The molecule has 88 valence electrons. The zero-order valence-electron chi connectivity index (χ0n) is 8.73. The second-order valence-corrected chi connectivity index (χ2v) is 5.25. The van der Waals surface area contributed by atoms with Gasteiger partial charge >= 0.3 is 0 Å². The molecule has 0 radical (unpaired) electrons. The van der Waals surface area contributed by atoms with Gasteiger partial charge in [-0.3, -0.25) is 9.48 Å². The van der Waals surface area contributed by atoms with Gasteiger partial charge in [0.1, 0.15) is 6.54 Å². The molecule has 1 aromatic heterocycles. The lowest BCUT2D eigenvalue weighted by atomic mass is 10.3. The first-order valence-electron chi connectivity index (χ1n) is 4.87. The number of anilines is 1. The summed E-state index contributed by atoms with van der Waals surface area (Å²) in [6, 6.07) is 7.45. The van der Waals surface area contributed by atoms with Crippen molar-refractivity contribution < 1.29 is 4.79 Å². The van der Waals surface area contributed by atoms with Crippen molar-refractivity contribution in [2.24, 2.45) is 0 Å². The molecule has 0 aliphatic carbocycles. The van der Waals surface area contributed by atoms with Gasteiger partial charge in [-0.2, -0.15) is 5.10 Å². The predicted octanol–water partition coefficient (Wildman–Crippen LogP) is 3.05. The molecule has 17 heavy (non-hydrogen) atoms. The molecule has 0 fully saturated rings. The second-order valence-electron chi connectivity index (χ2n) is 3.41. The third-order valence-electron chi connectivity index (χ3n) is 2.02. The average molecular weight is 359 g/mol. The van der Waals surface area contributed by atoms with Crippen molar-refractivity contribution in [1.82, 2.24) is 9.78 Å². The van der Waals surface area contributed by atoms with Crippen molar-refractivity contribution in [3.05, 3.63) is 45.6 Å². The second kappa shape index (κ2) is 5.46. The van der Waals surface area contributed by atoms with Gasteiger partial charge in [0.15, 0.2) is 0 Å². The first-order valence-corrected chi connectivity index (χ1v) is 6.45. The maximum Gasteiger partial charge on any atom is 0.246 e. The Morgan fingerprint density at radius 3 is 2.82 bits per heavy atom. The van der Waals surface area contributed by atoms with Crippen LogP contribution in [-0.4, -0.2) is 15.7 Å². The maximum atomic E-state index is 11.7. The molecule has 1 heterocycles. The summed E-state index contributed by atoms with van der Waals surface area (Å²) < 4.78 is 3.35. The summed E-state index contributed by atoms with van der Waals surface area (Å²) in [5.41, 5.74) is 0.760. The van der Waals surface area contributed by atoms with Crippen LogP contribution in [0, 0.1) is 0 Å². The molecule has 4 nitrogen and oxygen atoms in total. The molecule has 1 N–H and O–H groups in total. The lowest BCUT2D eigenvalue weighted by molar-refractivity contribution is -0.116. The van der Waals surface area contributed by atoms with E-state index in [1.807, 2.05) is 24.3 Å². The molecular formula is C11H9Br2N3O. The lowest BCUT2D eigenvalue weighted by Crippen LogP contribution is -2.18. The third kappa shape index (κ3) is 3.67. The normalized spacial score (nSPS) is 10.2. The lowest BCUT2D eigenvalue weighted by Gasteiger charge is -2.05. The van der Waals surface area contributed by atoms with Crippen LogP contribution in [0.25, 0.3) is 0 Å². The Hall–Kier alpha value is -1.14. The number of carbonyl (C=O) groups excluding carboxylic acids is 1. The van der Waals surface area contributed by atoms with Crippen molar-refractivity contribution in [2.45, 2.75) is 6.54 Å². The quantitative estimate of drug-likeness (QED) is 0.916. The Kier molecular flexibility index (Phi) is 3.96. The van der Waals surface area contributed by atoms with E-state index >= 15 is 0 Å². The number of amides is 1. The molecule has 0 spiro atoms. The third-order valence-corrected chi connectivity index (χ3v) is 2.92. The summed E-state index contributed by atoms with van der Waals surface area (Å²) in [5, 5.41) is 6.81. The van der Waals surface area contributed by atoms with Gasteiger partial charge < -0.3 is 5.32 Å². The SMILES string of the molecule is O=C(Cn1cc(Br)cn1)Nc1cccc(Br)c1. The van der Waals surface area contributed by atoms with Crippen LogP contribution in [0.3, 0.4) is 0 Å². The summed E-state index contributed by atoms with van der Waals surface area (Å²) in [6.07, 6.45) is 3.40. The minimum absolute atomic E-state index is 0.112. The smallest absolute Gasteiger partial charge is 0.246 e. The zero-order chi connectivity index (χ0) is 12.3. The van der Waals surface area contributed by atoms with Crippen LogP contribution < -0.4 is 5.32 Å². The number of hydrogen-bond donors (Lipinski definition) is 1. The fourth-order valence-electron chi connectivity index (χ4n) is 1.34. The molecule has 0 aliphatic rings. The maximum absolute atomic E-state index is 11.7. The fourth-order valence-corrected chi connectivity index (χ4v) is 2.07. The van der Waals surface area contributed by atoms with Crippen molar-refractivity contribution in [2.75, 3.05) is 5.32 Å².